The summed E-state index contributed by atoms with van der Waals surface area (Å²) >= 11 is 1.57. The number of fused-ring (bicyclic) bond motifs is 1. The van der Waals surface area contributed by atoms with E-state index >= 15 is 0 Å². The molecule has 0 atom stereocenters. The minimum atomic E-state index is 0.139. The second-order valence-corrected chi connectivity index (χ2v) is 6.77. The van der Waals surface area contributed by atoms with Crippen LogP contribution >= 0.6 is 11.3 Å². The van der Waals surface area contributed by atoms with Crippen LogP contribution in [0.15, 0.2) is 46.3 Å². The van der Waals surface area contributed by atoms with Gasteiger partial charge in [0.2, 0.25) is 17.6 Å². The van der Waals surface area contributed by atoms with Gasteiger partial charge in [-0.15, -0.1) is 11.3 Å². The first-order chi connectivity index (χ1) is 11.8. The van der Waals surface area contributed by atoms with Crippen molar-refractivity contribution in [1.29, 1.82) is 0 Å². The number of aryl methyl sites for hydroxylation is 1. The quantitative estimate of drug-likeness (QED) is 0.732. The summed E-state index contributed by atoms with van der Waals surface area (Å²) in [5, 5.41) is 5.95. The van der Waals surface area contributed by atoms with E-state index in [1.165, 1.54) is 11.1 Å². The molecule has 6 heteroatoms. The van der Waals surface area contributed by atoms with E-state index in [1.807, 2.05) is 28.5 Å². The van der Waals surface area contributed by atoms with Crippen LogP contribution in [0.3, 0.4) is 0 Å². The molecule has 24 heavy (non-hydrogen) atoms. The summed E-state index contributed by atoms with van der Waals surface area (Å²) in [6.45, 7) is 1.47. The fourth-order valence-electron chi connectivity index (χ4n) is 2.94. The SMILES string of the molecule is O=C(CCc1nc(-c2cccs2)no1)N1CCc2ccccc2C1. The van der Waals surface area contributed by atoms with E-state index in [0.717, 1.165) is 17.8 Å². The van der Waals surface area contributed by atoms with Crippen LogP contribution in [0.4, 0.5) is 0 Å². The van der Waals surface area contributed by atoms with Crippen molar-refractivity contribution in [2.75, 3.05) is 6.54 Å². The fourth-order valence-corrected chi connectivity index (χ4v) is 3.59. The number of amides is 1. The molecular formula is C18H17N3O2S. The minimum Gasteiger partial charge on any atom is -0.339 e. The summed E-state index contributed by atoms with van der Waals surface area (Å²) in [7, 11) is 0. The van der Waals surface area contributed by atoms with E-state index in [4.69, 9.17) is 4.52 Å². The largest absolute Gasteiger partial charge is 0.339 e. The molecule has 1 aromatic carbocycles. The molecule has 0 bridgehead atoms. The molecule has 0 saturated carbocycles. The lowest BCUT2D eigenvalue weighted by Gasteiger charge is -2.28. The number of thiophene rings is 1. The minimum absolute atomic E-state index is 0.139. The van der Waals surface area contributed by atoms with E-state index in [9.17, 15) is 4.79 Å². The third-order valence-electron chi connectivity index (χ3n) is 4.25. The van der Waals surface area contributed by atoms with Crippen LogP contribution in [0.2, 0.25) is 0 Å². The predicted octanol–water partition coefficient (Wildman–Crippen LogP) is 3.32. The molecule has 3 heterocycles. The average molecular weight is 339 g/mol. The van der Waals surface area contributed by atoms with Crippen molar-refractivity contribution in [2.45, 2.75) is 25.8 Å². The topological polar surface area (TPSA) is 59.2 Å². The molecule has 122 valence electrons. The summed E-state index contributed by atoms with van der Waals surface area (Å²) in [4.78, 5) is 19.7. The molecule has 1 amide bonds. The first-order valence-corrected chi connectivity index (χ1v) is 8.88. The number of carbonyl (C=O) groups excluding carboxylic acids is 1. The molecule has 1 aliphatic heterocycles. The zero-order valence-electron chi connectivity index (χ0n) is 13.1. The van der Waals surface area contributed by atoms with Crippen molar-refractivity contribution in [3.63, 3.8) is 0 Å². The lowest BCUT2D eigenvalue weighted by atomic mass is 9.99. The third-order valence-corrected chi connectivity index (χ3v) is 5.11. The van der Waals surface area contributed by atoms with Gasteiger partial charge in [-0.05, 0) is 29.0 Å². The molecule has 0 spiro atoms. The van der Waals surface area contributed by atoms with Gasteiger partial charge in [0.15, 0.2) is 0 Å². The molecule has 0 unspecified atom stereocenters. The van der Waals surface area contributed by atoms with Crippen molar-refractivity contribution in [3.05, 3.63) is 58.8 Å². The Hall–Kier alpha value is -2.47. The van der Waals surface area contributed by atoms with Crippen molar-refractivity contribution in [2.24, 2.45) is 0 Å². The van der Waals surface area contributed by atoms with Crippen LogP contribution in [0.25, 0.3) is 10.7 Å². The highest BCUT2D eigenvalue weighted by atomic mass is 32.1. The Kier molecular flexibility index (Phi) is 4.13. The zero-order chi connectivity index (χ0) is 16.4. The molecule has 0 radical (unpaired) electrons. The maximum atomic E-state index is 12.5. The lowest BCUT2D eigenvalue weighted by molar-refractivity contribution is -0.132. The monoisotopic (exact) mass is 339 g/mol. The second kappa shape index (κ2) is 6.57. The van der Waals surface area contributed by atoms with Crippen molar-refractivity contribution < 1.29 is 9.32 Å². The smallest absolute Gasteiger partial charge is 0.227 e. The Morgan fingerprint density at radius 3 is 2.92 bits per heavy atom. The average Bonchev–Trinajstić information content (AvgIpc) is 3.30. The third kappa shape index (κ3) is 3.10. The van der Waals surface area contributed by atoms with Gasteiger partial charge in [0.25, 0.3) is 0 Å². The summed E-state index contributed by atoms with van der Waals surface area (Å²) in [6, 6.07) is 12.2. The van der Waals surface area contributed by atoms with E-state index in [2.05, 4.69) is 28.3 Å². The molecule has 0 fully saturated rings. The highest BCUT2D eigenvalue weighted by molar-refractivity contribution is 7.13. The number of benzene rings is 1. The number of nitrogens with zero attached hydrogens (tertiary/aromatic N) is 3. The van der Waals surface area contributed by atoms with Gasteiger partial charge in [-0.3, -0.25) is 4.79 Å². The zero-order valence-corrected chi connectivity index (χ0v) is 14.0. The van der Waals surface area contributed by atoms with Gasteiger partial charge in [-0.1, -0.05) is 35.5 Å². The van der Waals surface area contributed by atoms with Crippen LogP contribution in [-0.2, 0) is 24.2 Å². The lowest BCUT2D eigenvalue weighted by Crippen LogP contribution is -2.36. The van der Waals surface area contributed by atoms with E-state index in [0.29, 0.717) is 31.1 Å². The van der Waals surface area contributed by atoms with Gasteiger partial charge < -0.3 is 9.42 Å². The standard InChI is InChI=1S/C18H17N3O2S/c22-17(21-10-9-13-4-1-2-5-14(13)12-21)8-7-16-19-18(20-23-16)15-6-3-11-24-15/h1-6,11H,7-10,12H2. The van der Waals surface area contributed by atoms with Gasteiger partial charge in [0.1, 0.15) is 0 Å². The summed E-state index contributed by atoms with van der Waals surface area (Å²) in [6.07, 6.45) is 1.80. The number of carbonyl (C=O) groups is 1. The number of rotatable bonds is 4. The molecule has 2 aromatic heterocycles. The molecule has 3 aromatic rings. The maximum absolute atomic E-state index is 12.5. The van der Waals surface area contributed by atoms with E-state index in [1.54, 1.807) is 11.3 Å². The van der Waals surface area contributed by atoms with Crippen molar-refractivity contribution in [3.8, 4) is 10.7 Å². The normalized spacial score (nSPS) is 13.8. The Morgan fingerprint density at radius 2 is 2.08 bits per heavy atom. The molecule has 5 nitrogen and oxygen atoms in total. The van der Waals surface area contributed by atoms with Crippen molar-refractivity contribution in [1.82, 2.24) is 15.0 Å². The van der Waals surface area contributed by atoms with Crippen molar-refractivity contribution >= 4 is 17.2 Å². The van der Waals surface area contributed by atoms with Gasteiger partial charge >= 0.3 is 0 Å². The molecule has 0 N–H and O–H groups in total. The summed E-state index contributed by atoms with van der Waals surface area (Å²) in [5.74, 6) is 1.25. The summed E-state index contributed by atoms with van der Waals surface area (Å²) < 4.78 is 5.26. The summed E-state index contributed by atoms with van der Waals surface area (Å²) in [5.41, 5.74) is 2.59. The Morgan fingerprint density at radius 1 is 1.21 bits per heavy atom. The predicted molar refractivity (Wildman–Crippen MR) is 91.5 cm³/mol. The first-order valence-electron chi connectivity index (χ1n) is 8.00. The highest BCUT2D eigenvalue weighted by Gasteiger charge is 2.21. The Bertz CT molecular complexity index is 842. The highest BCUT2D eigenvalue weighted by Crippen LogP contribution is 2.22. The molecule has 0 aliphatic carbocycles. The number of hydrogen-bond acceptors (Lipinski definition) is 5. The maximum Gasteiger partial charge on any atom is 0.227 e. The fraction of sp³-hybridized carbons (Fsp3) is 0.278. The van der Waals surface area contributed by atoms with E-state index in [-0.39, 0.29) is 5.91 Å². The van der Waals surface area contributed by atoms with Crippen LogP contribution in [-0.4, -0.2) is 27.5 Å². The number of hydrogen-bond donors (Lipinski definition) is 0. The van der Waals surface area contributed by atoms with Gasteiger partial charge in [0.05, 0.1) is 4.88 Å². The molecule has 0 saturated heterocycles. The first kappa shape index (κ1) is 15.1. The van der Waals surface area contributed by atoms with Crippen LogP contribution in [0.5, 0.6) is 0 Å². The molecule has 1 aliphatic rings. The van der Waals surface area contributed by atoms with Crippen LogP contribution in [0, 0.1) is 0 Å². The van der Waals surface area contributed by atoms with Gasteiger partial charge in [-0.25, -0.2) is 0 Å². The second-order valence-electron chi connectivity index (χ2n) is 5.82. The van der Waals surface area contributed by atoms with Crippen LogP contribution < -0.4 is 0 Å². The van der Waals surface area contributed by atoms with Crippen LogP contribution in [0.1, 0.15) is 23.4 Å². The Balaban J connectivity index is 1.36. The van der Waals surface area contributed by atoms with Gasteiger partial charge in [-0.2, -0.15) is 4.98 Å². The number of aromatic nitrogens is 2. The Labute approximate surface area is 143 Å². The molecular weight excluding hydrogens is 322 g/mol. The molecule has 4 rings (SSSR count). The van der Waals surface area contributed by atoms with Gasteiger partial charge in [0, 0.05) is 25.9 Å². The van der Waals surface area contributed by atoms with E-state index < -0.39 is 0 Å².